The van der Waals surface area contributed by atoms with Crippen LogP contribution in [0, 0.1) is 0 Å². The number of hydrogen-bond acceptors (Lipinski definition) is 3. The number of carbonyl (C=O) groups is 1. The van der Waals surface area contributed by atoms with Crippen molar-refractivity contribution in [1.29, 1.82) is 0 Å². The summed E-state index contributed by atoms with van der Waals surface area (Å²) in [4.78, 5) is 11.6. The van der Waals surface area contributed by atoms with E-state index < -0.39 is 0 Å². The van der Waals surface area contributed by atoms with Gasteiger partial charge in [-0.25, -0.2) is 0 Å². The zero-order valence-electron chi connectivity index (χ0n) is 12.7. The van der Waals surface area contributed by atoms with E-state index in [1.165, 1.54) is 25.7 Å². The van der Waals surface area contributed by atoms with Gasteiger partial charge in [0.05, 0.1) is 13.0 Å². The first-order chi connectivity index (χ1) is 8.58. The van der Waals surface area contributed by atoms with Crippen LogP contribution in [0.3, 0.4) is 0 Å². The van der Waals surface area contributed by atoms with Gasteiger partial charge in [0.15, 0.2) is 0 Å². The highest BCUT2D eigenvalue weighted by molar-refractivity contribution is 5.70. The van der Waals surface area contributed by atoms with E-state index in [4.69, 9.17) is 4.74 Å². The second-order valence-electron chi connectivity index (χ2n) is 5.28. The van der Waals surface area contributed by atoms with E-state index in [-0.39, 0.29) is 11.5 Å². The molecule has 0 bridgehead atoms. The zero-order valence-corrected chi connectivity index (χ0v) is 12.7. The van der Waals surface area contributed by atoms with E-state index in [0.29, 0.717) is 13.0 Å². The average molecular weight is 257 g/mol. The van der Waals surface area contributed by atoms with Gasteiger partial charge >= 0.3 is 5.97 Å². The average Bonchev–Trinajstić information content (AvgIpc) is 2.33. The fourth-order valence-corrected chi connectivity index (χ4v) is 2.14. The van der Waals surface area contributed by atoms with Crippen molar-refractivity contribution in [1.82, 2.24) is 5.32 Å². The quantitative estimate of drug-likeness (QED) is 0.453. The number of hydrogen-bond donors (Lipinski definition) is 1. The summed E-state index contributed by atoms with van der Waals surface area (Å²) >= 11 is 0. The van der Waals surface area contributed by atoms with Gasteiger partial charge < -0.3 is 10.1 Å². The molecule has 0 rings (SSSR count). The van der Waals surface area contributed by atoms with Gasteiger partial charge in [-0.2, -0.15) is 0 Å². The highest BCUT2D eigenvalue weighted by Gasteiger charge is 2.26. The first-order valence-corrected chi connectivity index (χ1v) is 7.48. The molecule has 18 heavy (non-hydrogen) atoms. The SMILES string of the molecule is CCCCCCC(C)(CC(=O)OCC)NCCC. The molecule has 0 saturated heterocycles. The Morgan fingerprint density at radius 3 is 2.39 bits per heavy atom. The Hall–Kier alpha value is -0.570. The summed E-state index contributed by atoms with van der Waals surface area (Å²) < 4.78 is 5.07. The summed E-state index contributed by atoms with van der Waals surface area (Å²) in [6.07, 6.45) is 7.58. The number of ether oxygens (including phenoxy) is 1. The Kier molecular flexibility index (Phi) is 10.0. The fourth-order valence-electron chi connectivity index (χ4n) is 2.14. The van der Waals surface area contributed by atoms with Crippen LogP contribution in [0.4, 0.5) is 0 Å². The van der Waals surface area contributed by atoms with Crippen LogP contribution < -0.4 is 5.32 Å². The second kappa shape index (κ2) is 10.4. The topological polar surface area (TPSA) is 38.3 Å². The first-order valence-electron chi connectivity index (χ1n) is 7.48. The summed E-state index contributed by atoms with van der Waals surface area (Å²) in [6.45, 7) is 9.80. The molecule has 0 aliphatic carbocycles. The molecule has 0 fully saturated rings. The van der Waals surface area contributed by atoms with Crippen LogP contribution in [0.25, 0.3) is 0 Å². The molecule has 1 N–H and O–H groups in total. The lowest BCUT2D eigenvalue weighted by atomic mass is 9.90. The maximum atomic E-state index is 11.6. The Morgan fingerprint density at radius 1 is 1.11 bits per heavy atom. The largest absolute Gasteiger partial charge is 0.466 e. The molecule has 3 heteroatoms. The van der Waals surface area contributed by atoms with Crippen LogP contribution >= 0.6 is 0 Å². The molecule has 0 aliphatic rings. The second-order valence-corrected chi connectivity index (χ2v) is 5.28. The molecule has 3 nitrogen and oxygen atoms in total. The van der Waals surface area contributed by atoms with Crippen LogP contribution in [0.1, 0.15) is 72.6 Å². The van der Waals surface area contributed by atoms with Crippen molar-refractivity contribution in [3.63, 3.8) is 0 Å². The maximum absolute atomic E-state index is 11.6. The van der Waals surface area contributed by atoms with E-state index in [2.05, 4.69) is 26.1 Å². The highest BCUT2D eigenvalue weighted by Crippen LogP contribution is 2.20. The Labute approximate surface area is 113 Å². The van der Waals surface area contributed by atoms with Crippen LogP contribution in [0.2, 0.25) is 0 Å². The van der Waals surface area contributed by atoms with E-state index in [0.717, 1.165) is 19.4 Å². The highest BCUT2D eigenvalue weighted by atomic mass is 16.5. The van der Waals surface area contributed by atoms with E-state index in [1.54, 1.807) is 0 Å². The van der Waals surface area contributed by atoms with E-state index in [9.17, 15) is 4.79 Å². The Bertz CT molecular complexity index is 219. The number of nitrogens with one attached hydrogen (secondary N) is 1. The molecule has 0 radical (unpaired) electrons. The Balaban J connectivity index is 4.18. The molecular formula is C15H31NO2. The number of carbonyl (C=O) groups excluding carboxylic acids is 1. The summed E-state index contributed by atoms with van der Waals surface area (Å²) in [5.41, 5.74) is -0.101. The van der Waals surface area contributed by atoms with E-state index in [1.807, 2.05) is 6.92 Å². The van der Waals surface area contributed by atoms with Crippen LogP contribution in [0.5, 0.6) is 0 Å². The monoisotopic (exact) mass is 257 g/mol. The molecule has 1 atom stereocenters. The van der Waals surface area contributed by atoms with Crippen molar-refractivity contribution in [2.24, 2.45) is 0 Å². The van der Waals surface area contributed by atoms with Gasteiger partial charge in [0.2, 0.25) is 0 Å². The summed E-state index contributed by atoms with van der Waals surface area (Å²) in [7, 11) is 0. The molecule has 0 amide bonds. The zero-order chi connectivity index (χ0) is 13.9. The molecule has 0 aromatic rings. The van der Waals surface area contributed by atoms with Gasteiger partial charge in [-0.1, -0.05) is 39.5 Å². The molecule has 0 saturated carbocycles. The lowest BCUT2D eigenvalue weighted by Crippen LogP contribution is -2.44. The van der Waals surface area contributed by atoms with Gasteiger partial charge in [-0.15, -0.1) is 0 Å². The normalized spacial score (nSPS) is 14.2. The van der Waals surface area contributed by atoms with Crippen molar-refractivity contribution in [2.45, 2.75) is 78.2 Å². The predicted molar refractivity (Wildman–Crippen MR) is 76.7 cm³/mol. The lowest BCUT2D eigenvalue weighted by molar-refractivity contribution is -0.144. The lowest BCUT2D eigenvalue weighted by Gasteiger charge is -2.30. The standard InChI is InChI=1S/C15H31NO2/c1-5-8-9-10-11-15(4,16-12-6-2)13-14(17)18-7-3/h16H,5-13H2,1-4H3. The minimum atomic E-state index is -0.101. The van der Waals surface area contributed by atoms with Crippen LogP contribution in [-0.2, 0) is 9.53 Å². The van der Waals surface area contributed by atoms with Crippen LogP contribution in [0.15, 0.2) is 0 Å². The third kappa shape index (κ3) is 8.51. The van der Waals surface area contributed by atoms with Crippen molar-refractivity contribution in [3.8, 4) is 0 Å². The summed E-state index contributed by atoms with van der Waals surface area (Å²) in [5, 5.41) is 3.51. The van der Waals surface area contributed by atoms with E-state index >= 15 is 0 Å². The van der Waals surface area contributed by atoms with Gasteiger partial charge in [0.25, 0.3) is 0 Å². The van der Waals surface area contributed by atoms with Crippen molar-refractivity contribution in [2.75, 3.05) is 13.2 Å². The van der Waals surface area contributed by atoms with Crippen LogP contribution in [-0.4, -0.2) is 24.7 Å². The molecule has 0 aromatic carbocycles. The summed E-state index contributed by atoms with van der Waals surface area (Å²) in [6, 6.07) is 0. The van der Waals surface area contributed by atoms with Crippen molar-refractivity contribution >= 4 is 5.97 Å². The minimum Gasteiger partial charge on any atom is -0.466 e. The minimum absolute atomic E-state index is 0.0842. The number of rotatable bonds is 11. The molecule has 0 aromatic heterocycles. The van der Waals surface area contributed by atoms with Crippen molar-refractivity contribution < 1.29 is 9.53 Å². The molecule has 0 aliphatic heterocycles. The molecular weight excluding hydrogens is 226 g/mol. The Morgan fingerprint density at radius 2 is 1.83 bits per heavy atom. The van der Waals surface area contributed by atoms with Gasteiger partial charge in [-0.3, -0.25) is 4.79 Å². The fraction of sp³-hybridized carbons (Fsp3) is 0.933. The summed E-state index contributed by atoms with van der Waals surface area (Å²) in [5.74, 6) is -0.0842. The van der Waals surface area contributed by atoms with Gasteiger partial charge in [0, 0.05) is 5.54 Å². The van der Waals surface area contributed by atoms with Crippen molar-refractivity contribution in [3.05, 3.63) is 0 Å². The molecule has 0 heterocycles. The number of unbranched alkanes of at least 4 members (excludes halogenated alkanes) is 3. The molecule has 108 valence electrons. The number of esters is 1. The van der Waals surface area contributed by atoms with Gasteiger partial charge in [0.1, 0.15) is 0 Å². The maximum Gasteiger partial charge on any atom is 0.307 e. The smallest absolute Gasteiger partial charge is 0.307 e. The molecule has 1 unspecified atom stereocenters. The molecule has 0 spiro atoms. The third-order valence-electron chi connectivity index (χ3n) is 3.22. The predicted octanol–water partition coefficient (Wildman–Crippen LogP) is 3.67. The first kappa shape index (κ1) is 17.4. The third-order valence-corrected chi connectivity index (χ3v) is 3.22. The van der Waals surface area contributed by atoms with Gasteiger partial charge in [-0.05, 0) is 33.2 Å².